The molecule has 0 spiro atoms. The smallest absolute Gasteiger partial charge is 0.254 e. The number of halogens is 4. The number of likely N-dealkylation sites (tertiary alicyclic amines) is 3. The number of sulfone groups is 3. The van der Waals surface area contributed by atoms with Gasteiger partial charge in [0.1, 0.15) is 17.5 Å². The van der Waals surface area contributed by atoms with Gasteiger partial charge in [-0.2, -0.15) is 0 Å². The Morgan fingerprint density at radius 3 is 1.14 bits per heavy atom. The number of nitrogens with zero attached hydrogens (tertiary/aromatic N) is 9. The molecule has 3 aliphatic rings. The van der Waals surface area contributed by atoms with Crippen LogP contribution in [0.2, 0.25) is 5.02 Å². The van der Waals surface area contributed by atoms with E-state index >= 15 is 0 Å². The SMILES string of the molecule is Cc1cnc(Nc2ccc(C(=O)NC3CCN(C)CC3)c(F)c2)nc1Cc1cccc(CS(=O)(=O)C(C)(C)C)c1.Cc1cnc(Nc2ccc(C3CCN(C)CC3)c(F)c2)nc1Cc1ccc(Cl)c(CS(=O)(=O)C(C)(C)C)c1.Cc1cnc(Nc2ccc(C3CCN(C)CC3)c(F)c2)nc1Cc1cccc(CS(=O)(=O)C(C)(C)C)c1. The maximum Gasteiger partial charge on any atom is 0.254 e. The summed E-state index contributed by atoms with van der Waals surface area (Å²) in [6.07, 6.45) is 12.2. The third-order valence-electron chi connectivity index (χ3n) is 21.6. The Morgan fingerprint density at radius 1 is 0.435 bits per heavy atom. The molecule has 3 aromatic heterocycles. The van der Waals surface area contributed by atoms with Crippen molar-refractivity contribution >= 4 is 81.9 Å². The van der Waals surface area contributed by atoms with Crippen molar-refractivity contribution in [2.45, 2.75) is 190 Å². The van der Waals surface area contributed by atoms with Gasteiger partial charge in [-0.05, 0) is 304 Å². The van der Waals surface area contributed by atoms with Gasteiger partial charge in [-0.15, -0.1) is 0 Å². The topological polar surface area (TPSA) is 255 Å². The zero-order valence-electron chi connectivity index (χ0n) is 68.9. The Bertz CT molecular complexity index is 5290. The highest BCUT2D eigenvalue weighted by molar-refractivity contribution is 7.92. The second-order valence-corrected chi connectivity index (χ2v) is 42.6. The molecule has 616 valence electrons. The van der Waals surface area contributed by atoms with Crippen molar-refractivity contribution in [3.05, 3.63) is 246 Å². The molecule has 0 radical (unpaired) electrons. The molecule has 9 aromatic rings. The van der Waals surface area contributed by atoms with Crippen LogP contribution < -0.4 is 21.3 Å². The fraction of sp³-hybridized carbons (Fsp3) is 0.443. The molecule has 3 fully saturated rings. The van der Waals surface area contributed by atoms with E-state index < -0.39 is 55.5 Å². The van der Waals surface area contributed by atoms with Gasteiger partial charge in [-0.3, -0.25) is 4.79 Å². The molecular formula is C88H111ClF3N13O7S3. The predicted molar refractivity (Wildman–Crippen MR) is 456 cm³/mol. The summed E-state index contributed by atoms with van der Waals surface area (Å²) in [4.78, 5) is 46.5. The van der Waals surface area contributed by atoms with Crippen molar-refractivity contribution in [3.63, 3.8) is 0 Å². The number of carbonyl (C=O) groups excluding carboxylic acids is 1. The molecule has 0 unspecified atom stereocenters. The molecule has 6 heterocycles. The zero-order valence-corrected chi connectivity index (χ0v) is 72.1. The summed E-state index contributed by atoms with van der Waals surface area (Å²) in [5.41, 5.74) is 13.1. The largest absolute Gasteiger partial charge is 0.349 e. The number of amides is 1. The van der Waals surface area contributed by atoms with Crippen LogP contribution >= 0.6 is 11.6 Å². The Morgan fingerprint density at radius 2 is 0.774 bits per heavy atom. The van der Waals surface area contributed by atoms with Gasteiger partial charge in [0.15, 0.2) is 29.5 Å². The quantitative estimate of drug-likeness (QED) is 0.0492. The fourth-order valence-electron chi connectivity index (χ4n) is 13.6. The molecule has 3 aliphatic heterocycles. The first-order chi connectivity index (χ1) is 54.0. The van der Waals surface area contributed by atoms with Gasteiger partial charge < -0.3 is 36.0 Å². The van der Waals surface area contributed by atoms with E-state index in [1.54, 1.807) is 93.0 Å². The number of nitrogens with one attached hydrogen (secondary N) is 4. The third-order valence-corrected chi connectivity index (χ3v) is 29.7. The minimum atomic E-state index is -3.38. The highest BCUT2D eigenvalue weighted by Gasteiger charge is 2.33. The molecule has 0 aliphatic carbocycles. The van der Waals surface area contributed by atoms with Crippen LogP contribution in [0.15, 0.2) is 140 Å². The van der Waals surface area contributed by atoms with Crippen LogP contribution in [0, 0.1) is 38.2 Å². The van der Waals surface area contributed by atoms with Gasteiger partial charge in [-0.25, -0.2) is 68.3 Å². The zero-order chi connectivity index (χ0) is 83.5. The van der Waals surface area contributed by atoms with E-state index in [2.05, 4.69) is 80.0 Å². The molecule has 0 saturated carbocycles. The molecular weight excluding hydrogens is 1540 g/mol. The lowest BCUT2D eigenvalue weighted by molar-refractivity contribution is 0.0912. The van der Waals surface area contributed by atoms with Crippen LogP contribution in [0.4, 0.5) is 48.1 Å². The molecule has 0 bridgehead atoms. The lowest BCUT2D eigenvalue weighted by atomic mass is 9.89. The summed E-state index contributed by atoms with van der Waals surface area (Å²) >= 11 is 6.35. The van der Waals surface area contributed by atoms with Gasteiger partial charge in [0.25, 0.3) is 5.91 Å². The number of rotatable bonds is 22. The van der Waals surface area contributed by atoms with Crippen LogP contribution in [0.25, 0.3) is 0 Å². The summed E-state index contributed by atoms with van der Waals surface area (Å²) in [6, 6.07) is 35.5. The number of piperidine rings is 3. The number of aromatic nitrogens is 6. The van der Waals surface area contributed by atoms with E-state index in [-0.39, 0.29) is 52.3 Å². The van der Waals surface area contributed by atoms with Crippen molar-refractivity contribution in [2.75, 3.05) is 76.4 Å². The third kappa shape index (κ3) is 24.4. The Hall–Kier alpha value is -8.76. The maximum absolute atomic E-state index is 15.0. The summed E-state index contributed by atoms with van der Waals surface area (Å²) in [7, 11) is -3.72. The van der Waals surface area contributed by atoms with Crippen LogP contribution in [0.1, 0.15) is 201 Å². The molecule has 115 heavy (non-hydrogen) atoms. The molecule has 20 nitrogen and oxygen atoms in total. The van der Waals surface area contributed by atoms with E-state index in [0.717, 1.165) is 151 Å². The van der Waals surface area contributed by atoms with E-state index in [1.807, 2.05) is 113 Å². The standard InChI is InChI=1S/C30H38FN5O3S.C29H36ClFN4O2S.C29H37FN4O2S/c1-20-18-32-29(35-27(20)16-21-7-6-8-22(15-21)19-40(38,39)30(2,3)4)34-24-9-10-25(26(31)17-24)28(37)33-23-11-13-36(5)14-12-23;1-19-17-32-28(33-23-7-8-24(26(31)16-23)21-10-12-35(5)13-11-21)34-27(19)15-20-6-9-25(30)22(14-20)18-38(36,37)29(2,3)4;1-20-18-31-28(32-24-9-10-25(26(30)17-24)23-11-13-34(5)14-12-23)33-27(20)16-21-7-6-8-22(15-21)19-37(35,36)29(2,3)4/h6-10,15,17-18,23H,11-14,16,19H2,1-5H3,(H,33,37)(H,32,34,35);6-9,14,16-17,21H,10-13,15,18H2,1-5H3,(H,32,33,34);6-10,15,17-18,23H,11-14,16,19H2,1-5H3,(H,31,32,33). The summed E-state index contributed by atoms with van der Waals surface area (Å²) < 4.78 is 118. The normalized spacial score (nSPS) is 15.4. The number of benzene rings is 6. The van der Waals surface area contributed by atoms with Crippen LogP contribution in [0.5, 0.6) is 0 Å². The van der Waals surface area contributed by atoms with Crippen molar-refractivity contribution < 1.29 is 43.2 Å². The Kier molecular flexibility index (Phi) is 29.0. The number of anilines is 6. The lowest BCUT2D eigenvalue weighted by Gasteiger charge is -2.29. The van der Waals surface area contributed by atoms with Crippen molar-refractivity contribution in [1.82, 2.24) is 49.9 Å². The lowest BCUT2D eigenvalue weighted by Crippen LogP contribution is -2.43. The second-order valence-electron chi connectivity index (χ2n) is 33.9. The average molecular weight is 1650 g/mol. The molecule has 3 saturated heterocycles. The van der Waals surface area contributed by atoms with Crippen LogP contribution in [-0.4, -0.2) is 156 Å². The Balaban J connectivity index is 0.000000182. The summed E-state index contributed by atoms with van der Waals surface area (Å²) in [6.45, 7) is 26.9. The average Bonchev–Trinajstić information content (AvgIpc) is 0.772. The molecule has 0 atom stereocenters. The minimum absolute atomic E-state index is 0.000974. The Labute approximate surface area is 683 Å². The molecule has 27 heteroatoms. The fourth-order valence-corrected chi connectivity index (χ4v) is 17.1. The second kappa shape index (κ2) is 37.7. The van der Waals surface area contributed by atoms with Gasteiger partial charge >= 0.3 is 0 Å². The molecule has 6 aromatic carbocycles. The number of carbonyl (C=O) groups is 1. The van der Waals surface area contributed by atoms with E-state index in [0.29, 0.717) is 64.8 Å². The number of aryl methyl sites for hydroxylation is 3. The van der Waals surface area contributed by atoms with Crippen LogP contribution in [-0.2, 0) is 66.0 Å². The van der Waals surface area contributed by atoms with Crippen molar-refractivity contribution in [1.29, 1.82) is 0 Å². The first kappa shape index (κ1) is 88.6. The highest BCUT2D eigenvalue weighted by Crippen LogP contribution is 2.35. The predicted octanol–water partition coefficient (Wildman–Crippen LogP) is 17.0. The van der Waals surface area contributed by atoms with Crippen molar-refractivity contribution in [2.24, 2.45) is 0 Å². The molecule has 1 amide bonds. The van der Waals surface area contributed by atoms with Crippen LogP contribution in [0.3, 0.4) is 0 Å². The van der Waals surface area contributed by atoms with Gasteiger partial charge in [0.05, 0.1) is 54.1 Å². The highest BCUT2D eigenvalue weighted by atomic mass is 35.5. The van der Waals surface area contributed by atoms with E-state index in [9.17, 15) is 43.2 Å². The first-order valence-electron chi connectivity index (χ1n) is 39.2. The minimum Gasteiger partial charge on any atom is -0.349 e. The van der Waals surface area contributed by atoms with Gasteiger partial charge in [0, 0.05) is 66.0 Å². The number of hydrogen-bond acceptors (Lipinski definition) is 19. The summed E-state index contributed by atoms with van der Waals surface area (Å²) in [5, 5.41) is 12.7. The van der Waals surface area contributed by atoms with Gasteiger partial charge in [-0.1, -0.05) is 84.4 Å². The van der Waals surface area contributed by atoms with E-state index in [1.165, 1.54) is 24.3 Å². The van der Waals surface area contributed by atoms with E-state index in [4.69, 9.17) is 11.6 Å². The van der Waals surface area contributed by atoms with Gasteiger partial charge in [0.2, 0.25) is 17.8 Å². The molecule has 4 N–H and O–H groups in total. The van der Waals surface area contributed by atoms with Crippen molar-refractivity contribution in [3.8, 4) is 0 Å². The molecule has 12 rings (SSSR count). The monoisotopic (exact) mass is 1650 g/mol. The summed E-state index contributed by atoms with van der Waals surface area (Å²) in [5.74, 6) is -0.0322. The maximum atomic E-state index is 15.0. The first-order valence-corrected chi connectivity index (χ1v) is 44.5. The number of hydrogen-bond donors (Lipinski definition) is 4.